The van der Waals surface area contributed by atoms with Crippen molar-refractivity contribution >= 4 is 11.6 Å². The number of hydrogen-bond donors (Lipinski definition) is 0. The zero-order valence-corrected chi connectivity index (χ0v) is 8.90. The molecule has 3 nitrogen and oxygen atoms in total. The van der Waals surface area contributed by atoms with Gasteiger partial charge in [0.25, 0.3) is 0 Å². The minimum Gasteiger partial charge on any atom is -0.495 e. The van der Waals surface area contributed by atoms with Crippen LogP contribution in [0.1, 0.15) is 0 Å². The Morgan fingerprint density at radius 3 is 2.93 bits per heavy atom. The highest BCUT2D eigenvalue weighted by atomic mass is 35.5. The van der Waals surface area contributed by atoms with Crippen LogP contribution in [0.4, 0.5) is 0 Å². The molecule has 0 saturated heterocycles. The minimum atomic E-state index is 0.604. The first-order valence-electron chi connectivity index (χ1n) is 4.41. The fraction of sp³-hybridized carbons (Fsp3) is 0.0909. The molecule has 2 rings (SSSR count). The Hall–Kier alpha value is -1.61. The number of halogens is 1. The predicted octanol–water partition coefficient (Wildman–Crippen LogP) is 2.81. The molecule has 0 aliphatic carbocycles. The van der Waals surface area contributed by atoms with Gasteiger partial charge in [-0.1, -0.05) is 11.6 Å². The van der Waals surface area contributed by atoms with Crippen molar-refractivity contribution in [2.75, 3.05) is 7.11 Å². The van der Waals surface area contributed by atoms with Crippen LogP contribution in [0.5, 0.6) is 5.75 Å². The fourth-order valence-corrected chi connectivity index (χ4v) is 1.49. The monoisotopic (exact) mass is 220 g/mol. The number of rotatable bonds is 2. The third kappa shape index (κ3) is 2.07. The van der Waals surface area contributed by atoms with Crippen molar-refractivity contribution in [3.05, 3.63) is 41.8 Å². The van der Waals surface area contributed by atoms with Crippen LogP contribution < -0.4 is 4.74 Å². The molecule has 0 fully saturated rings. The summed E-state index contributed by atoms with van der Waals surface area (Å²) in [4.78, 5) is 8.25. The number of nitrogens with zero attached hydrogens (tertiary/aromatic N) is 2. The number of ether oxygens (including phenoxy) is 1. The SMILES string of the molecule is COc1cncc(-c2ncccc2Cl)c1. The lowest BCUT2D eigenvalue weighted by atomic mass is 10.2. The second kappa shape index (κ2) is 4.28. The third-order valence-electron chi connectivity index (χ3n) is 1.98. The van der Waals surface area contributed by atoms with E-state index in [1.54, 1.807) is 37.8 Å². The van der Waals surface area contributed by atoms with Crippen LogP contribution in [-0.4, -0.2) is 17.1 Å². The first kappa shape index (κ1) is 9.93. The Morgan fingerprint density at radius 2 is 2.20 bits per heavy atom. The summed E-state index contributed by atoms with van der Waals surface area (Å²) in [7, 11) is 1.60. The van der Waals surface area contributed by atoms with Gasteiger partial charge < -0.3 is 4.74 Å². The summed E-state index contributed by atoms with van der Waals surface area (Å²) in [5.74, 6) is 0.689. The van der Waals surface area contributed by atoms with E-state index < -0.39 is 0 Å². The summed E-state index contributed by atoms with van der Waals surface area (Å²) in [6.07, 6.45) is 5.04. The molecule has 0 N–H and O–H groups in total. The average Bonchev–Trinajstić information content (AvgIpc) is 2.30. The predicted molar refractivity (Wildman–Crippen MR) is 59.0 cm³/mol. The summed E-state index contributed by atoms with van der Waals surface area (Å²) < 4.78 is 5.08. The first-order valence-corrected chi connectivity index (χ1v) is 4.79. The van der Waals surface area contributed by atoms with E-state index in [9.17, 15) is 0 Å². The van der Waals surface area contributed by atoms with Crippen molar-refractivity contribution in [3.8, 4) is 17.0 Å². The van der Waals surface area contributed by atoms with Gasteiger partial charge in [0.15, 0.2) is 0 Å². The van der Waals surface area contributed by atoms with Gasteiger partial charge in [-0.25, -0.2) is 0 Å². The largest absolute Gasteiger partial charge is 0.495 e. The van der Waals surface area contributed by atoms with Crippen LogP contribution in [-0.2, 0) is 0 Å². The molecule has 15 heavy (non-hydrogen) atoms. The van der Waals surface area contributed by atoms with E-state index >= 15 is 0 Å². The molecule has 0 aromatic carbocycles. The molecule has 0 aliphatic heterocycles. The maximum Gasteiger partial charge on any atom is 0.137 e. The molecular weight excluding hydrogens is 212 g/mol. The highest BCUT2D eigenvalue weighted by Gasteiger charge is 2.05. The Morgan fingerprint density at radius 1 is 1.33 bits per heavy atom. The quantitative estimate of drug-likeness (QED) is 0.781. The second-order valence-corrected chi connectivity index (χ2v) is 3.35. The molecule has 4 heteroatoms. The van der Waals surface area contributed by atoms with Gasteiger partial charge in [-0.3, -0.25) is 9.97 Å². The number of pyridine rings is 2. The van der Waals surface area contributed by atoms with Crippen LogP contribution in [0.3, 0.4) is 0 Å². The van der Waals surface area contributed by atoms with E-state index in [1.165, 1.54) is 0 Å². The van der Waals surface area contributed by atoms with Gasteiger partial charge in [0.05, 0.1) is 24.0 Å². The van der Waals surface area contributed by atoms with Crippen LogP contribution >= 0.6 is 11.6 Å². The molecule has 0 bridgehead atoms. The van der Waals surface area contributed by atoms with Gasteiger partial charge >= 0.3 is 0 Å². The van der Waals surface area contributed by atoms with Crippen molar-refractivity contribution in [1.29, 1.82) is 0 Å². The molecule has 2 aromatic heterocycles. The van der Waals surface area contributed by atoms with Gasteiger partial charge in [0, 0.05) is 18.0 Å². The molecule has 0 saturated carbocycles. The van der Waals surface area contributed by atoms with Gasteiger partial charge in [0.2, 0.25) is 0 Å². The van der Waals surface area contributed by atoms with E-state index in [0.29, 0.717) is 16.5 Å². The van der Waals surface area contributed by atoms with Crippen LogP contribution in [0, 0.1) is 0 Å². The molecule has 2 aromatic rings. The Bertz CT molecular complexity index is 474. The van der Waals surface area contributed by atoms with E-state index in [0.717, 1.165) is 5.56 Å². The molecule has 0 spiro atoms. The van der Waals surface area contributed by atoms with Gasteiger partial charge in [-0.15, -0.1) is 0 Å². The lowest BCUT2D eigenvalue weighted by molar-refractivity contribution is 0.413. The zero-order valence-electron chi connectivity index (χ0n) is 8.14. The normalized spacial score (nSPS) is 10.0. The first-order chi connectivity index (χ1) is 7.31. The third-order valence-corrected chi connectivity index (χ3v) is 2.29. The molecule has 76 valence electrons. The van der Waals surface area contributed by atoms with E-state index in [1.807, 2.05) is 6.07 Å². The van der Waals surface area contributed by atoms with Crippen molar-refractivity contribution in [3.63, 3.8) is 0 Å². The summed E-state index contributed by atoms with van der Waals surface area (Å²) >= 11 is 6.02. The fourth-order valence-electron chi connectivity index (χ4n) is 1.26. The van der Waals surface area contributed by atoms with Crippen LogP contribution in [0.2, 0.25) is 5.02 Å². The molecule has 0 atom stereocenters. The molecule has 0 aliphatic rings. The highest BCUT2D eigenvalue weighted by molar-refractivity contribution is 6.33. The van der Waals surface area contributed by atoms with Crippen LogP contribution in [0.25, 0.3) is 11.3 Å². The van der Waals surface area contributed by atoms with Crippen molar-refractivity contribution in [2.45, 2.75) is 0 Å². The standard InChI is InChI=1S/C11H9ClN2O/c1-15-9-5-8(6-13-7-9)11-10(12)3-2-4-14-11/h2-7H,1H3. The highest BCUT2D eigenvalue weighted by Crippen LogP contribution is 2.26. The second-order valence-electron chi connectivity index (χ2n) is 2.95. The Labute approximate surface area is 92.7 Å². The molecule has 0 unspecified atom stereocenters. The summed E-state index contributed by atoms with van der Waals surface area (Å²) in [6.45, 7) is 0. The number of hydrogen-bond acceptors (Lipinski definition) is 3. The molecule has 0 radical (unpaired) electrons. The average molecular weight is 221 g/mol. The minimum absolute atomic E-state index is 0.604. The summed E-state index contributed by atoms with van der Waals surface area (Å²) in [5, 5.41) is 0.604. The summed E-state index contributed by atoms with van der Waals surface area (Å²) in [5.41, 5.74) is 1.56. The topological polar surface area (TPSA) is 35.0 Å². The lowest BCUT2D eigenvalue weighted by Gasteiger charge is -2.04. The van der Waals surface area contributed by atoms with E-state index in [2.05, 4.69) is 9.97 Å². The molecule has 0 amide bonds. The molecular formula is C11H9ClN2O. The Balaban J connectivity index is 2.49. The zero-order chi connectivity index (χ0) is 10.7. The summed E-state index contributed by atoms with van der Waals surface area (Å²) in [6, 6.07) is 5.43. The smallest absolute Gasteiger partial charge is 0.137 e. The van der Waals surface area contributed by atoms with Crippen molar-refractivity contribution < 1.29 is 4.74 Å². The van der Waals surface area contributed by atoms with Crippen molar-refractivity contribution in [2.24, 2.45) is 0 Å². The van der Waals surface area contributed by atoms with Crippen LogP contribution in [0.15, 0.2) is 36.8 Å². The lowest BCUT2D eigenvalue weighted by Crippen LogP contribution is -1.88. The van der Waals surface area contributed by atoms with Gasteiger partial charge in [0.1, 0.15) is 5.75 Å². The number of aromatic nitrogens is 2. The Kier molecular flexibility index (Phi) is 2.83. The number of methoxy groups -OCH3 is 1. The van der Waals surface area contributed by atoms with Gasteiger partial charge in [-0.2, -0.15) is 0 Å². The maximum atomic E-state index is 6.02. The molecule has 2 heterocycles. The van der Waals surface area contributed by atoms with E-state index in [4.69, 9.17) is 16.3 Å². The van der Waals surface area contributed by atoms with E-state index in [-0.39, 0.29) is 0 Å². The van der Waals surface area contributed by atoms with Crippen molar-refractivity contribution in [1.82, 2.24) is 9.97 Å². The van der Waals surface area contributed by atoms with Gasteiger partial charge in [-0.05, 0) is 18.2 Å². The maximum absolute atomic E-state index is 6.02.